The van der Waals surface area contributed by atoms with Crippen LogP contribution in [-0.2, 0) is 0 Å². The van der Waals surface area contributed by atoms with E-state index < -0.39 is 24.7 Å². The lowest BCUT2D eigenvalue weighted by atomic mass is 10.00. The van der Waals surface area contributed by atoms with Crippen LogP contribution in [-0.4, -0.2) is 46.2 Å². The lowest BCUT2D eigenvalue weighted by molar-refractivity contribution is -0.136. The molecule has 2 aromatic heterocycles. The second-order valence-electron chi connectivity index (χ2n) is 8.37. The standard InChI is InChI=1S/C25H30ClF3N4O2/c1-5-19(9-10-25(27,28)29)31-24(34)33(6-2)16(3)17-7-8-21(26)20(13-17)18-14-22(35-4)23-30-11-12-32(23)15-18/h7-8,11-16,19H,5-6,9-10H2,1-4H3,(H,31,34). The molecule has 0 aliphatic heterocycles. The number of benzene rings is 1. The number of amides is 2. The number of ether oxygens (including phenoxy) is 1. The number of rotatable bonds is 9. The van der Waals surface area contributed by atoms with E-state index in [4.69, 9.17) is 16.3 Å². The van der Waals surface area contributed by atoms with Crippen molar-refractivity contribution in [3.63, 3.8) is 0 Å². The average molecular weight is 511 g/mol. The van der Waals surface area contributed by atoms with E-state index in [-0.39, 0.29) is 12.5 Å². The molecule has 2 unspecified atom stereocenters. The second-order valence-corrected chi connectivity index (χ2v) is 8.77. The van der Waals surface area contributed by atoms with Crippen LogP contribution in [0.1, 0.15) is 51.6 Å². The molecule has 10 heteroatoms. The molecule has 1 N–H and O–H groups in total. The number of urea groups is 1. The molecule has 1 aromatic carbocycles. The van der Waals surface area contributed by atoms with E-state index in [0.29, 0.717) is 29.4 Å². The van der Waals surface area contributed by atoms with Crippen molar-refractivity contribution in [2.45, 2.75) is 58.3 Å². The van der Waals surface area contributed by atoms with Gasteiger partial charge in [0.05, 0.1) is 13.2 Å². The summed E-state index contributed by atoms with van der Waals surface area (Å²) in [4.78, 5) is 18.9. The molecule has 0 spiro atoms. The van der Waals surface area contributed by atoms with Crippen LogP contribution in [0, 0.1) is 0 Å². The van der Waals surface area contributed by atoms with Gasteiger partial charge in [0, 0.05) is 53.7 Å². The fraction of sp³-hybridized carbons (Fsp3) is 0.440. The summed E-state index contributed by atoms with van der Waals surface area (Å²) in [6.07, 6.45) is 0.471. The summed E-state index contributed by atoms with van der Waals surface area (Å²) in [7, 11) is 1.57. The zero-order chi connectivity index (χ0) is 25.8. The second kappa shape index (κ2) is 11.2. The number of carbonyl (C=O) groups excluding carboxylic acids is 1. The van der Waals surface area contributed by atoms with Crippen molar-refractivity contribution in [3.8, 4) is 16.9 Å². The average Bonchev–Trinajstić information content (AvgIpc) is 3.30. The van der Waals surface area contributed by atoms with Crippen LogP contribution in [0.25, 0.3) is 16.8 Å². The van der Waals surface area contributed by atoms with Crippen molar-refractivity contribution in [3.05, 3.63) is 53.4 Å². The molecular formula is C25H30ClF3N4O2. The highest BCUT2D eigenvalue weighted by Gasteiger charge is 2.29. The summed E-state index contributed by atoms with van der Waals surface area (Å²) in [5.74, 6) is 0.598. The van der Waals surface area contributed by atoms with E-state index >= 15 is 0 Å². The summed E-state index contributed by atoms with van der Waals surface area (Å²) in [6.45, 7) is 5.86. The largest absolute Gasteiger partial charge is 0.493 e. The van der Waals surface area contributed by atoms with Gasteiger partial charge in [-0.25, -0.2) is 9.78 Å². The maximum absolute atomic E-state index is 13.0. The first-order valence-electron chi connectivity index (χ1n) is 11.5. The Labute approximate surface area is 208 Å². The van der Waals surface area contributed by atoms with E-state index in [1.54, 1.807) is 31.2 Å². The lowest BCUT2D eigenvalue weighted by Crippen LogP contribution is -2.45. The number of nitrogens with one attached hydrogen (secondary N) is 1. The minimum atomic E-state index is -4.25. The number of halogens is 4. The maximum atomic E-state index is 13.0. The van der Waals surface area contributed by atoms with Crippen molar-refractivity contribution < 1.29 is 22.7 Å². The Balaban J connectivity index is 1.85. The summed E-state index contributed by atoms with van der Waals surface area (Å²) in [5.41, 5.74) is 3.10. The van der Waals surface area contributed by atoms with Crippen molar-refractivity contribution >= 4 is 23.3 Å². The Morgan fingerprint density at radius 2 is 2.03 bits per heavy atom. The molecule has 3 aromatic rings. The van der Waals surface area contributed by atoms with Crippen LogP contribution in [0.2, 0.25) is 5.02 Å². The van der Waals surface area contributed by atoms with Crippen LogP contribution in [0.3, 0.4) is 0 Å². The Bertz CT molecular complexity index is 1170. The molecule has 2 heterocycles. The van der Waals surface area contributed by atoms with E-state index in [9.17, 15) is 18.0 Å². The molecule has 0 fully saturated rings. The first kappa shape index (κ1) is 26.7. The Kier molecular flexibility index (Phi) is 8.53. The molecule has 0 saturated heterocycles. The third-order valence-corrected chi connectivity index (χ3v) is 6.45. The number of hydrogen-bond donors (Lipinski definition) is 1. The van der Waals surface area contributed by atoms with Crippen LogP contribution >= 0.6 is 11.6 Å². The van der Waals surface area contributed by atoms with Gasteiger partial charge in [-0.05, 0) is 50.5 Å². The van der Waals surface area contributed by atoms with Crippen LogP contribution in [0.15, 0.2) is 42.9 Å². The Hall–Kier alpha value is -2.94. The summed E-state index contributed by atoms with van der Waals surface area (Å²) >= 11 is 6.54. The predicted octanol–water partition coefficient (Wildman–Crippen LogP) is 6.88. The third kappa shape index (κ3) is 6.39. The predicted molar refractivity (Wildman–Crippen MR) is 131 cm³/mol. The Morgan fingerprint density at radius 1 is 1.29 bits per heavy atom. The third-order valence-electron chi connectivity index (χ3n) is 6.12. The molecule has 2 amide bonds. The van der Waals surface area contributed by atoms with Crippen molar-refractivity contribution in [2.24, 2.45) is 0 Å². The molecule has 0 saturated carbocycles. The van der Waals surface area contributed by atoms with Gasteiger partial charge in [-0.2, -0.15) is 13.2 Å². The fourth-order valence-electron chi connectivity index (χ4n) is 4.07. The number of methoxy groups -OCH3 is 1. The van der Waals surface area contributed by atoms with Gasteiger partial charge in [-0.1, -0.05) is 24.6 Å². The first-order valence-corrected chi connectivity index (χ1v) is 11.9. The lowest BCUT2D eigenvalue weighted by Gasteiger charge is -2.31. The quantitative estimate of drug-likeness (QED) is 0.341. The fourth-order valence-corrected chi connectivity index (χ4v) is 4.30. The van der Waals surface area contributed by atoms with Crippen LogP contribution < -0.4 is 10.1 Å². The smallest absolute Gasteiger partial charge is 0.389 e. The highest BCUT2D eigenvalue weighted by Crippen LogP contribution is 2.35. The molecule has 190 valence electrons. The molecule has 2 atom stereocenters. The zero-order valence-corrected chi connectivity index (χ0v) is 21.0. The zero-order valence-electron chi connectivity index (χ0n) is 20.2. The monoisotopic (exact) mass is 510 g/mol. The van der Waals surface area contributed by atoms with Gasteiger partial charge in [-0.3, -0.25) is 0 Å². The highest BCUT2D eigenvalue weighted by molar-refractivity contribution is 6.33. The van der Waals surface area contributed by atoms with Crippen LogP contribution in [0.4, 0.5) is 18.0 Å². The van der Waals surface area contributed by atoms with Gasteiger partial charge in [0.1, 0.15) is 0 Å². The molecule has 6 nitrogen and oxygen atoms in total. The number of pyridine rings is 1. The topological polar surface area (TPSA) is 58.9 Å². The normalized spacial score (nSPS) is 13.5. The van der Waals surface area contributed by atoms with Gasteiger partial charge >= 0.3 is 12.2 Å². The maximum Gasteiger partial charge on any atom is 0.389 e. The summed E-state index contributed by atoms with van der Waals surface area (Å²) < 4.78 is 45.3. The van der Waals surface area contributed by atoms with Crippen molar-refractivity contribution in [1.29, 1.82) is 0 Å². The number of hydrogen-bond acceptors (Lipinski definition) is 3. The van der Waals surface area contributed by atoms with Crippen molar-refractivity contribution in [1.82, 2.24) is 19.6 Å². The van der Waals surface area contributed by atoms with Gasteiger partial charge in [0.25, 0.3) is 0 Å². The number of imidazole rings is 1. The van der Waals surface area contributed by atoms with E-state index in [2.05, 4.69) is 10.3 Å². The number of fused-ring (bicyclic) bond motifs is 1. The first-order chi connectivity index (χ1) is 16.6. The molecule has 0 aliphatic rings. The van der Waals surface area contributed by atoms with Gasteiger partial charge in [0.15, 0.2) is 11.4 Å². The SMILES string of the molecule is CCC(CCC(F)(F)F)NC(=O)N(CC)C(C)c1ccc(Cl)c(-c2cc(OC)c3nccn3c2)c1. The van der Waals surface area contributed by atoms with Crippen molar-refractivity contribution in [2.75, 3.05) is 13.7 Å². The number of nitrogens with zero attached hydrogens (tertiary/aromatic N) is 3. The molecular weight excluding hydrogens is 481 g/mol. The van der Waals surface area contributed by atoms with E-state index in [0.717, 1.165) is 16.7 Å². The molecule has 35 heavy (non-hydrogen) atoms. The van der Waals surface area contributed by atoms with E-state index in [1.165, 1.54) is 0 Å². The van der Waals surface area contributed by atoms with Gasteiger partial charge < -0.3 is 19.4 Å². The van der Waals surface area contributed by atoms with E-state index in [1.807, 2.05) is 48.8 Å². The highest BCUT2D eigenvalue weighted by atomic mass is 35.5. The Morgan fingerprint density at radius 3 is 2.66 bits per heavy atom. The van der Waals surface area contributed by atoms with Gasteiger partial charge in [-0.15, -0.1) is 0 Å². The molecule has 0 radical (unpaired) electrons. The minimum Gasteiger partial charge on any atom is -0.493 e. The number of aromatic nitrogens is 2. The number of alkyl halides is 3. The molecule has 0 aliphatic carbocycles. The summed E-state index contributed by atoms with van der Waals surface area (Å²) in [6, 6.07) is 6.11. The number of carbonyl (C=O) groups is 1. The molecule has 0 bridgehead atoms. The minimum absolute atomic E-state index is 0.151. The van der Waals surface area contributed by atoms with Gasteiger partial charge in [0.2, 0.25) is 0 Å². The van der Waals surface area contributed by atoms with Crippen LogP contribution in [0.5, 0.6) is 5.75 Å². The molecule has 3 rings (SSSR count). The summed E-state index contributed by atoms with van der Waals surface area (Å²) in [5, 5.41) is 3.30.